The number of hydrogen-bond donors (Lipinski definition) is 1. The summed E-state index contributed by atoms with van der Waals surface area (Å²) in [4.78, 5) is 22.1. The fraction of sp³-hybridized carbons (Fsp3) is 0.233. The minimum absolute atomic E-state index is 0.289. The number of nitrogens with zero attached hydrogens (tertiary/aromatic N) is 2. The largest absolute Gasteiger partial charge is 0.494 e. The van der Waals surface area contributed by atoms with E-state index in [1.54, 1.807) is 36.7 Å². The Labute approximate surface area is 217 Å². The first-order valence-electron chi connectivity index (χ1n) is 12.4. The number of aromatic nitrogens is 2. The summed E-state index contributed by atoms with van der Waals surface area (Å²) >= 11 is 0. The van der Waals surface area contributed by atoms with Crippen molar-refractivity contribution in [1.82, 2.24) is 9.97 Å². The number of aryl methyl sites for hydroxylation is 2. The molecule has 2 heterocycles. The molecule has 0 radical (unpaired) electrons. The smallest absolute Gasteiger partial charge is 0.255 e. The highest BCUT2D eigenvalue weighted by Crippen LogP contribution is 2.34. The van der Waals surface area contributed by atoms with Gasteiger partial charge < -0.3 is 19.5 Å². The lowest BCUT2D eigenvalue weighted by Gasteiger charge is -2.15. The Morgan fingerprint density at radius 3 is 2.49 bits per heavy atom. The zero-order chi connectivity index (χ0) is 26.2. The number of carbonyl (C=O) groups is 1. The number of amides is 1. The molecule has 4 rings (SSSR count). The lowest BCUT2D eigenvalue weighted by molar-refractivity contribution is 0.102. The zero-order valence-corrected chi connectivity index (χ0v) is 21.6. The summed E-state index contributed by atoms with van der Waals surface area (Å²) < 4.78 is 17.6. The molecule has 0 unspecified atom stereocenters. The molecule has 7 heteroatoms. The van der Waals surface area contributed by atoms with Gasteiger partial charge >= 0.3 is 0 Å². The molecule has 2 aromatic carbocycles. The molecule has 0 spiro atoms. The van der Waals surface area contributed by atoms with Gasteiger partial charge in [0.25, 0.3) is 5.91 Å². The van der Waals surface area contributed by atoms with Crippen LogP contribution in [0.25, 0.3) is 11.1 Å². The van der Waals surface area contributed by atoms with Crippen molar-refractivity contribution in [1.29, 1.82) is 0 Å². The van der Waals surface area contributed by atoms with E-state index in [0.717, 1.165) is 28.8 Å². The lowest BCUT2D eigenvalue weighted by Crippen LogP contribution is -2.13. The van der Waals surface area contributed by atoms with E-state index in [2.05, 4.69) is 22.2 Å². The predicted molar refractivity (Wildman–Crippen MR) is 145 cm³/mol. The van der Waals surface area contributed by atoms with Crippen LogP contribution in [0.3, 0.4) is 0 Å². The molecule has 2 aromatic heterocycles. The lowest BCUT2D eigenvalue weighted by atomic mass is 10.1. The zero-order valence-electron chi connectivity index (χ0n) is 21.6. The van der Waals surface area contributed by atoms with Gasteiger partial charge in [-0.25, -0.2) is 4.98 Å². The van der Waals surface area contributed by atoms with Gasteiger partial charge in [-0.2, -0.15) is 0 Å². The van der Waals surface area contributed by atoms with Gasteiger partial charge in [-0.3, -0.25) is 9.78 Å². The normalized spacial score (nSPS) is 10.6. The molecular formula is C30H31N3O4. The van der Waals surface area contributed by atoms with E-state index in [9.17, 15) is 4.79 Å². The summed E-state index contributed by atoms with van der Waals surface area (Å²) in [5, 5.41) is 2.95. The second-order valence-corrected chi connectivity index (χ2v) is 8.31. The molecule has 0 fully saturated rings. The number of pyridine rings is 2. The maximum Gasteiger partial charge on any atom is 0.255 e. The first-order valence-corrected chi connectivity index (χ1v) is 12.4. The van der Waals surface area contributed by atoms with Gasteiger partial charge in [0.2, 0.25) is 5.88 Å². The van der Waals surface area contributed by atoms with E-state index < -0.39 is 0 Å². The van der Waals surface area contributed by atoms with Gasteiger partial charge in [0.1, 0.15) is 17.2 Å². The quantitative estimate of drug-likeness (QED) is 0.258. The van der Waals surface area contributed by atoms with Crippen LogP contribution in [0, 0.1) is 6.92 Å². The first-order chi connectivity index (χ1) is 18.0. The highest BCUT2D eigenvalue weighted by atomic mass is 16.5. The van der Waals surface area contributed by atoms with E-state index in [-0.39, 0.29) is 5.91 Å². The second-order valence-electron chi connectivity index (χ2n) is 8.31. The standard InChI is InChI=1S/C30H31N3O4/c1-5-23-17-21(14-16-31-23)25-9-8-15-32-30(25)37-28-18-22(11-10-20(28)4)29(34)33-26-19-24(35-6-2)12-13-27(26)36-7-3/h8-19H,5-7H2,1-4H3,(H,33,34). The number of nitrogens with one attached hydrogen (secondary N) is 1. The molecule has 1 amide bonds. The Kier molecular flexibility index (Phi) is 8.36. The van der Waals surface area contributed by atoms with Crippen molar-refractivity contribution in [3.8, 4) is 34.3 Å². The third kappa shape index (κ3) is 6.25. The molecule has 190 valence electrons. The molecule has 0 saturated heterocycles. The molecule has 0 aliphatic carbocycles. The van der Waals surface area contributed by atoms with Crippen LogP contribution in [0.1, 0.15) is 42.4 Å². The van der Waals surface area contributed by atoms with Crippen LogP contribution in [0.4, 0.5) is 5.69 Å². The molecule has 1 N–H and O–H groups in total. The van der Waals surface area contributed by atoms with Gasteiger partial charge in [0.15, 0.2) is 0 Å². The third-order valence-electron chi connectivity index (χ3n) is 5.73. The Morgan fingerprint density at radius 1 is 0.865 bits per heavy atom. The molecule has 0 aliphatic rings. The topological polar surface area (TPSA) is 82.6 Å². The van der Waals surface area contributed by atoms with Crippen LogP contribution in [0.2, 0.25) is 0 Å². The summed E-state index contributed by atoms with van der Waals surface area (Å²) in [5.74, 6) is 1.94. The number of ether oxygens (including phenoxy) is 3. The molecule has 37 heavy (non-hydrogen) atoms. The van der Waals surface area contributed by atoms with Crippen molar-refractivity contribution < 1.29 is 19.0 Å². The van der Waals surface area contributed by atoms with Crippen LogP contribution in [0.15, 0.2) is 73.1 Å². The van der Waals surface area contributed by atoms with Gasteiger partial charge in [-0.15, -0.1) is 0 Å². The maximum atomic E-state index is 13.2. The molecule has 0 aliphatic heterocycles. The van der Waals surface area contributed by atoms with Crippen LogP contribution in [-0.4, -0.2) is 29.1 Å². The summed E-state index contributed by atoms with van der Waals surface area (Å²) in [6.07, 6.45) is 4.31. The number of hydrogen-bond acceptors (Lipinski definition) is 6. The minimum atomic E-state index is -0.289. The number of carbonyl (C=O) groups excluding carboxylic acids is 1. The van der Waals surface area contributed by atoms with Crippen LogP contribution >= 0.6 is 0 Å². The monoisotopic (exact) mass is 497 g/mol. The molecule has 4 aromatic rings. The summed E-state index contributed by atoms with van der Waals surface area (Å²) in [6, 6.07) is 18.5. The average Bonchev–Trinajstić information content (AvgIpc) is 2.92. The van der Waals surface area contributed by atoms with Crippen molar-refractivity contribution in [3.63, 3.8) is 0 Å². The summed E-state index contributed by atoms with van der Waals surface area (Å²) in [7, 11) is 0. The number of benzene rings is 2. The third-order valence-corrected chi connectivity index (χ3v) is 5.73. The Hall–Kier alpha value is -4.39. The SMILES string of the molecule is CCOc1ccc(OCC)c(NC(=O)c2ccc(C)c(Oc3ncccc3-c3ccnc(CC)c3)c2)c1. The molecule has 0 atom stereocenters. The second kappa shape index (κ2) is 12.0. The van der Waals surface area contributed by atoms with Crippen molar-refractivity contribution in [2.45, 2.75) is 34.1 Å². The predicted octanol–water partition coefficient (Wildman–Crippen LogP) is 6.86. The minimum Gasteiger partial charge on any atom is -0.494 e. The molecule has 0 bridgehead atoms. The highest BCUT2D eigenvalue weighted by molar-refractivity contribution is 6.05. The Bertz CT molecular complexity index is 1390. The Morgan fingerprint density at radius 2 is 1.70 bits per heavy atom. The van der Waals surface area contributed by atoms with Crippen LogP contribution in [0.5, 0.6) is 23.1 Å². The van der Waals surface area contributed by atoms with E-state index in [1.807, 2.05) is 57.2 Å². The van der Waals surface area contributed by atoms with Gasteiger partial charge in [0.05, 0.1) is 18.9 Å². The van der Waals surface area contributed by atoms with Crippen molar-refractivity contribution >= 4 is 11.6 Å². The van der Waals surface area contributed by atoms with Gasteiger partial charge in [-0.05, 0) is 86.8 Å². The maximum absolute atomic E-state index is 13.2. The summed E-state index contributed by atoms with van der Waals surface area (Å²) in [6.45, 7) is 8.80. The van der Waals surface area contributed by atoms with Crippen molar-refractivity contribution in [2.24, 2.45) is 0 Å². The number of rotatable bonds is 10. The first kappa shape index (κ1) is 25.7. The average molecular weight is 498 g/mol. The van der Waals surface area contributed by atoms with E-state index >= 15 is 0 Å². The number of anilines is 1. The van der Waals surface area contributed by atoms with E-state index in [1.165, 1.54) is 0 Å². The van der Waals surface area contributed by atoms with Gasteiger partial charge in [0, 0.05) is 35.3 Å². The van der Waals surface area contributed by atoms with E-state index in [0.29, 0.717) is 47.6 Å². The van der Waals surface area contributed by atoms with Gasteiger partial charge in [-0.1, -0.05) is 13.0 Å². The molecular weight excluding hydrogens is 466 g/mol. The van der Waals surface area contributed by atoms with E-state index in [4.69, 9.17) is 14.2 Å². The van der Waals surface area contributed by atoms with Crippen molar-refractivity contribution in [3.05, 3.63) is 89.9 Å². The fourth-order valence-electron chi connectivity index (χ4n) is 3.83. The highest BCUT2D eigenvalue weighted by Gasteiger charge is 2.16. The fourth-order valence-corrected chi connectivity index (χ4v) is 3.83. The van der Waals surface area contributed by atoms with Crippen LogP contribution in [-0.2, 0) is 6.42 Å². The molecule has 0 saturated carbocycles. The van der Waals surface area contributed by atoms with Crippen LogP contribution < -0.4 is 19.5 Å². The molecule has 7 nitrogen and oxygen atoms in total. The Balaban J connectivity index is 1.61. The van der Waals surface area contributed by atoms with Crippen molar-refractivity contribution in [2.75, 3.05) is 18.5 Å². The summed E-state index contributed by atoms with van der Waals surface area (Å²) in [5.41, 5.74) is 4.67.